The second-order valence-corrected chi connectivity index (χ2v) is 5.96. The zero-order valence-electron chi connectivity index (χ0n) is 10.2. The van der Waals surface area contributed by atoms with Gasteiger partial charge in [-0.3, -0.25) is 4.79 Å². The SMILES string of the molecule is CS(=O)(=O)c1cccnc1NCCCCC(N)=O. The van der Waals surface area contributed by atoms with Gasteiger partial charge in [0, 0.05) is 25.4 Å². The maximum Gasteiger partial charge on any atom is 0.217 e. The Labute approximate surface area is 107 Å². The number of pyridine rings is 1. The first-order valence-electron chi connectivity index (χ1n) is 5.58. The molecule has 18 heavy (non-hydrogen) atoms. The van der Waals surface area contributed by atoms with E-state index in [1.165, 1.54) is 12.3 Å². The number of rotatable bonds is 7. The smallest absolute Gasteiger partial charge is 0.217 e. The van der Waals surface area contributed by atoms with E-state index in [-0.39, 0.29) is 10.8 Å². The Morgan fingerprint density at radius 1 is 1.44 bits per heavy atom. The number of aromatic nitrogens is 1. The lowest BCUT2D eigenvalue weighted by Crippen LogP contribution is -2.12. The van der Waals surface area contributed by atoms with Gasteiger partial charge in [0.25, 0.3) is 0 Å². The van der Waals surface area contributed by atoms with E-state index in [0.717, 1.165) is 12.7 Å². The molecule has 7 heteroatoms. The van der Waals surface area contributed by atoms with Crippen LogP contribution in [0.5, 0.6) is 0 Å². The molecule has 100 valence electrons. The van der Waals surface area contributed by atoms with Crippen LogP contribution in [0, 0.1) is 0 Å². The normalized spacial score (nSPS) is 11.2. The van der Waals surface area contributed by atoms with Gasteiger partial charge in [-0.15, -0.1) is 0 Å². The highest BCUT2D eigenvalue weighted by Crippen LogP contribution is 2.17. The van der Waals surface area contributed by atoms with Gasteiger partial charge < -0.3 is 11.1 Å². The summed E-state index contributed by atoms with van der Waals surface area (Å²) in [6, 6.07) is 3.09. The third kappa shape index (κ3) is 4.70. The fourth-order valence-electron chi connectivity index (χ4n) is 1.45. The van der Waals surface area contributed by atoms with Crippen LogP contribution >= 0.6 is 0 Å². The van der Waals surface area contributed by atoms with Gasteiger partial charge >= 0.3 is 0 Å². The lowest BCUT2D eigenvalue weighted by molar-refractivity contribution is -0.118. The molecule has 1 heterocycles. The van der Waals surface area contributed by atoms with Gasteiger partial charge in [-0.25, -0.2) is 13.4 Å². The molecule has 0 fully saturated rings. The van der Waals surface area contributed by atoms with Crippen molar-refractivity contribution in [3.63, 3.8) is 0 Å². The van der Waals surface area contributed by atoms with Crippen molar-refractivity contribution in [3.8, 4) is 0 Å². The van der Waals surface area contributed by atoms with Gasteiger partial charge in [-0.05, 0) is 25.0 Å². The van der Waals surface area contributed by atoms with E-state index in [1.54, 1.807) is 6.07 Å². The number of nitrogens with zero attached hydrogens (tertiary/aromatic N) is 1. The highest BCUT2D eigenvalue weighted by molar-refractivity contribution is 7.90. The Morgan fingerprint density at radius 2 is 2.17 bits per heavy atom. The van der Waals surface area contributed by atoms with Crippen molar-refractivity contribution in [2.24, 2.45) is 5.73 Å². The molecular weight excluding hydrogens is 254 g/mol. The summed E-state index contributed by atoms with van der Waals surface area (Å²) < 4.78 is 23.0. The van der Waals surface area contributed by atoms with E-state index < -0.39 is 9.84 Å². The number of unbranched alkanes of at least 4 members (excludes halogenated alkanes) is 1. The third-order valence-electron chi connectivity index (χ3n) is 2.31. The molecule has 1 amide bonds. The molecule has 1 aromatic heterocycles. The average molecular weight is 271 g/mol. The molecule has 0 radical (unpaired) electrons. The molecule has 0 saturated heterocycles. The fraction of sp³-hybridized carbons (Fsp3) is 0.455. The standard InChI is InChI=1S/C11H17N3O3S/c1-18(16,17)9-5-4-8-14-11(9)13-7-3-2-6-10(12)15/h4-5,8H,2-3,6-7H2,1H3,(H2,12,15)(H,13,14). The van der Waals surface area contributed by atoms with Crippen molar-refractivity contribution in [3.05, 3.63) is 18.3 Å². The molecular formula is C11H17N3O3S. The molecule has 0 spiro atoms. The number of nitrogens with two attached hydrogens (primary N) is 1. The van der Waals surface area contributed by atoms with Gasteiger partial charge in [-0.2, -0.15) is 0 Å². The number of sulfone groups is 1. The van der Waals surface area contributed by atoms with Crippen molar-refractivity contribution >= 4 is 21.6 Å². The van der Waals surface area contributed by atoms with Crippen LogP contribution < -0.4 is 11.1 Å². The molecule has 0 saturated carbocycles. The van der Waals surface area contributed by atoms with Gasteiger partial charge in [-0.1, -0.05) is 0 Å². The molecule has 1 rings (SSSR count). The number of hydrogen-bond acceptors (Lipinski definition) is 5. The first kappa shape index (κ1) is 14.4. The molecule has 0 bridgehead atoms. The highest BCUT2D eigenvalue weighted by atomic mass is 32.2. The van der Waals surface area contributed by atoms with Crippen molar-refractivity contribution < 1.29 is 13.2 Å². The summed E-state index contributed by atoms with van der Waals surface area (Å²) in [5.74, 6) is 0.0173. The molecule has 3 N–H and O–H groups in total. The van der Waals surface area contributed by atoms with Crippen LogP contribution in [0.3, 0.4) is 0 Å². The summed E-state index contributed by atoms with van der Waals surface area (Å²) in [6.07, 6.45) is 4.40. The lowest BCUT2D eigenvalue weighted by atomic mass is 10.2. The second-order valence-electron chi connectivity index (χ2n) is 3.97. The Morgan fingerprint density at radius 3 is 2.78 bits per heavy atom. The minimum Gasteiger partial charge on any atom is -0.370 e. The first-order chi connectivity index (χ1) is 8.41. The zero-order valence-corrected chi connectivity index (χ0v) is 11.0. The van der Waals surface area contributed by atoms with Gasteiger partial charge in [0.15, 0.2) is 9.84 Å². The lowest BCUT2D eigenvalue weighted by Gasteiger charge is -2.08. The van der Waals surface area contributed by atoms with Crippen molar-refractivity contribution in [2.75, 3.05) is 18.1 Å². The van der Waals surface area contributed by atoms with Crippen LogP contribution in [-0.2, 0) is 14.6 Å². The summed E-state index contributed by atoms with van der Waals surface area (Å²) in [5, 5.41) is 2.95. The van der Waals surface area contributed by atoms with Gasteiger partial charge in [0.2, 0.25) is 5.91 Å². The topological polar surface area (TPSA) is 102 Å². The van der Waals surface area contributed by atoms with Crippen LogP contribution in [0.4, 0.5) is 5.82 Å². The fourth-order valence-corrected chi connectivity index (χ4v) is 2.26. The monoisotopic (exact) mass is 271 g/mol. The van der Waals surface area contributed by atoms with Crippen LogP contribution in [0.1, 0.15) is 19.3 Å². The minimum absolute atomic E-state index is 0.180. The van der Waals surface area contributed by atoms with Gasteiger partial charge in [0.1, 0.15) is 10.7 Å². The molecule has 0 aliphatic heterocycles. The van der Waals surface area contributed by atoms with E-state index in [1.807, 2.05) is 0 Å². The number of anilines is 1. The number of nitrogens with one attached hydrogen (secondary N) is 1. The summed E-state index contributed by atoms with van der Waals surface area (Å²) in [5.41, 5.74) is 5.02. The summed E-state index contributed by atoms with van der Waals surface area (Å²) in [4.78, 5) is 14.7. The zero-order chi connectivity index (χ0) is 13.6. The third-order valence-corrected chi connectivity index (χ3v) is 3.44. The summed E-state index contributed by atoms with van der Waals surface area (Å²) in [7, 11) is -3.29. The van der Waals surface area contributed by atoms with Crippen LogP contribution in [0.25, 0.3) is 0 Å². The Kier molecular flexibility index (Phi) is 5.08. The average Bonchev–Trinajstić information content (AvgIpc) is 2.27. The van der Waals surface area contributed by atoms with E-state index in [9.17, 15) is 13.2 Å². The molecule has 1 aromatic rings. The van der Waals surface area contributed by atoms with Gasteiger partial charge in [0.05, 0.1) is 0 Å². The Hall–Kier alpha value is -1.63. The number of hydrogen-bond donors (Lipinski definition) is 2. The van der Waals surface area contributed by atoms with Crippen molar-refractivity contribution in [1.29, 1.82) is 0 Å². The molecule has 0 aliphatic carbocycles. The maximum absolute atomic E-state index is 11.5. The minimum atomic E-state index is -3.29. The van der Waals surface area contributed by atoms with Crippen LogP contribution in [0.15, 0.2) is 23.2 Å². The quantitative estimate of drug-likeness (QED) is 0.705. The van der Waals surface area contributed by atoms with Crippen molar-refractivity contribution in [2.45, 2.75) is 24.2 Å². The number of carbonyl (C=O) groups excluding carboxylic acids is 1. The summed E-state index contributed by atoms with van der Waals surface area (Å²) >= 11 is 0. The number of amides is 1. The van der Waals surface area contributed by atoms with E-state index in [4.69, 9.17) is 5.73 Å². The largest absolute Gasteiger partial charge is 0.370 e. The first-order valence-corrected chi connectivity index (χ1v) is 7.47. The van der Waals surface area contributed by atoms with E-state index >= 15 is 0 Å². The van der Waals surface area contributed by atoms with Crippen LogP contribution in [-0.4, -0.2) is 32.1 Å². The molecule has 0 aromatic carbocycles. The highest BCUT2D eigenvalue weighted by Gasteiger charge is 2.13. The predicted molar refractivity (Wildman–Crippen MR) is 68.9 cm³/mol. The molecule has 6 nitrogen and oxygen atoms in total. The molecule has 0 unspecified atom stereocenters. The maximum atomic E-state index is 11.5. The Balaban J connectivity index is 2.55. The molecule has 0 atom stereocenters. The van der Waals surface area contributed by atoms with E-state index in [2.05, 4.69) is 10.3 Å². The number of carbonyl (C=O) groups is 1. The van der Waals surface area contributed by atoms with Crippen molar-refractivity contribution in [1.82, 2.24) is 4.98 Å². The van der Waals surface area contributed by atoms with Crippen LogP contribution in [0.2, 0.25) is 0 Å². The van der Waals surface area contributed by atoms with E-state index in [0.29, 0.717) is 25.2 Å². The predicted octanol–water partition coefficient (Wildman–Crippen LogP) is 0.553. The molecule has 0 aliphatic rings. The Bertz CT molecular complexity index is 514. The summed E-state index contributed by atoms with van der Waals surface area (Å²) in [6.45, 7) is 0.548. The second kappa shape index (κ2) is 6.34. The number of primary amides is 1.